The van der Waals surface area contributed by atoms with Crippen LogP contribution >= 0.6 is 11.6 Å². The Morgan fingerprint density at radius 3 is 2.55 bits per heavy atom. The van der Waals surface area contributed by atoms with Gasteiger partial charge in [0.15, 0.2) is 5.76 Å². The third-order valence-electron chi connectivity index (χ3n) is 4.47. The number of rotatable bonds is 8. The van der Waals surface area contributed by atoms with Crippen LogP contribution in [0.2, 0.25) is 5.02 Å². The third kappa shape index (κ3) is 5.46. The molecule has 31 heavy (non-hydrogen) atoms. The Bertz CT molecular complexity index is 1150. The number of halogens is 1. The van der Waals surface area contributed by atoms with E-state index in [-0.39, 0.29) is 18.3 Å². The Morgan fingerprint density at radius 1 is 1.06 bits per heavy atom. The molecule has 1 N–H and O–H groups in total. The number of hydrogen-bond acceptors (Lipinski definition) is 5. The number of ether oxygens (including phenoxy) is 2. The second-order valence-electron chi connectivity index (χ2n) is 6.74. The molecule has 8 heteroatoms. The fraction of sp³-hybridized carbons (Fsp3) is 0.130. The summed E-state index contributed by atoms with van der Waals surface area (Å²) in [6.07, 6.45) is 3.34. The number of carbonyl (C=O) groups excluding carboxylic acids is 1. The van der Waals surface area contributed by atoms with Crippen LogP contribution in [0, 0.1) is 0 Å². The van der Waals surface area contributed by atoms with Crippen LogP contribution < -0.4 is 14.8 Å². The molecule has 1 amide bonds. The van der Waals surface area contributed by atoms with Crippen molar-refractivity contribution < 1.29 is 18.7 Å². The number of carbonyl (C=O) groups is 1. The second kappa shape index (κ2) is 9.40. The molecule has 0 atom stereocenters. The van der Waals surface area contributed by atoms with Gasteiger partial charge >= 0.3 is 0 Å². The molecule has 4 aromatic rings. The molecular weight excluding hydrogens is 418 g/mol. The van der Waals surface area contributed by atoms with Gasteiger partial charge in [-0.25, -0.2) is 0 Å². The smallest absolute Gasteiger partial charge is 0.291 e. The normalized spacial score (nSPS) is 10.6. The summed E-state index contributed by atoms with van der Waals surface area (Å²) >= 11 is 5.91. The summed E-state index contributed by atoms with van der Waals surface area (Å²) in [5.74, 6) is 1.80. The maximum atomic E-state index is 12.5. The zero-order chi connectivity index (χ0) is 21.6. The van der Waals surface area contributed by atoms with E-state index in [4.69, 9.17) is 25.5 Å². The third-order valence-corrected chi connectivity index (χ3v) is 4.73. The molecular formula is C23H20ClN3O4. The van der Waals surface area contributed by atoms with Crippen LogP contribution in [-0.4, -0.2) is 22.8 Å². The summed E-state index contributed by atoms with van der Waals surface area (Å²) in [5, 5.41) is 7.74. The first kappa shape index (κ1) is 20.6. The maximum absolute atomic E-state index is 12.5. The number of benzene rings is 2. The summed E-state index contributed by atoms with van der Waals surface area (Å²) in [6.45, 7) is 0.777. The van der Waals surface area contributed by atoms with Gasteiger partial charge in [-0.05, 0) is 54.1 Å². The van der Waals surface area contributed by atoms with Gasteiger partial charge in [0.05, 0.1) is 25.5 Å². The van der Waals surface area contributed by atoms with Gasteiger partial charge in [0.2, 0.25) is 0 Å². The first-order chi connectivity index (χ1) is 15.1. The van der Waals surface area contributed by atoms with Crippen LogP contribution in [0.1, 0.15) is 21.9 Å². The van der Waals surface area contributed by atoms with Crippen LogP contribution in [0.5, 0.6) is 11.5 Å². The number of furan rings is 1. The predicted octanol–water partition coefficient (Wildman–Crippen LogP) is 5.02. The van der Waals surface area contributed by atoms with E-state index < -0.39 is 0 Å². The summed E-state index contributed by atoms with van der Waals surface area (Å²) in [6, 6.07) is 18.1. The summed E-state index contributed by atoms with van der Waals surface area (Å²) < 4.78 is 18.1. The zero-order valence-corrected chi connectivity index (χ0v) is 17.5. The quantitative estimate of drug-likeness (QED) is 0.419. The molecule has 158 valence electrons. The topological polar surface area (TPSA) is 78.5 Å². The lowest BCUT2D eigenvalue weighted by molar-refractivity contribution is 0.0992. The van der Waals surface area contributed by atoms with Crippen molar-refractivity contribution in [1.82, 2.24) is 9.78 Å². The molecule has 0 bridgehead atoms. The Labute approximate surface area is 184 Å². The van der Waals surface area contributed by atoms with Crippen LogP contribution in [0.4, 0.5) is 5.69 Å². The Balaban J connectivity index is 1.31. The van der Waals surface area contributed by atoms with Crippen molar-refractivity contribution in [2.75, 3.05) is 12.4 Å². The molecule has 2 aromatic heterocycles. The van der Waals surface area contributed by atoms with Crippen molar-refractivity contribution in [3.63, 3.8) is 0 Å². The monoisotopic (exact) mass is 437 g/mol. The molecule has 0 aliphatic rings. The number of methoxy groups -OCH3 is 1. The fourth-order valence-corrected chi connectivity index (χ4v) is 3.01. The number of nitrogens with zero attached hydrogens (tertiary/aromatic N) is 2. The highest BCUT2D eigenvalue weighted by atomic mass is 35.5. The second-order valence-corrected chi connectivity index (χ2v) is 7.17. The van der Waals surface area contributed by atoms with Crippen molar-refractivity contribution >= 4 is 23.2 Å². The molecule has 2 heterocycles. The molecule has 4 rings (SSSR count). The van der Waals surface area contributed by atoms with Crippen molar-refractivity contribution in [3.05, 3.63) is 95.2 Å². The lowest BCUT2D eigenvalue weighted by atomic mass is 10.2. The molecule has 7 nitrogen and oxygen atoms in total. The van der Waals surface area contributed by atoms with Crippen LogP contribution in [0.15, 0.2) is 77.5 Å². The average molecular weight is 438 g/mol. The molecule has 0 fully saturated rings. The molecule has 0 saturated carbocycles. The van der Waals surface area contributed by atoms with E-state index in [0.717, 1.165) is 11.3 Å². The molecule has 2 aromatic carbocycles. The van der Waals surface area contributed by atoms with E-state index >= 15 is 0 Å². The minimum absolute atomic E-state index is 0.193. The fourth-order valence-electron chi connectivity index (χ4n) is 2.89. The lowest BCUT2D eigenvalue weighted by Crippen LogP contribution is -2.10. The first-order valence-electron chi connectivity index (χ1n) is 9.53. The highest BCUT2D eigenvalue weighted by Crippen LogP contribution is 2.19. The van der Waals surface area contributed by atoms with E-state index in [2.05, 4.69) is 10.4 Å². The number of amides is 1. The highest BCUT2D eigenvalue weighted by Gasteiger charge is 2.13. The summed E-state index contributed by atoms with van der Waals surface area (Å²) in [5.41, 5.74) is 1.63. The van der Waals surface area contributed by atoms with Gasteiger partial charge in [-0.15, -0.1) is 0 Å². The average Bonchev–Trinajstić information content (AvgIpc) is 3.44. The Morgan fingerprint density at radius 2 is 1.81 bits per heavy atom. The van der Waals surface area contributed by atoms with E-state index in [1.54, 1.807) is 48.5 Å². The van der Waals surface area contributed by atoms with Crippen LogP contribution in [0.25, 0.3) is 0 Å². The molecule has 0 aliphatic heterocycles. The van der Waals surface area contributed by atoms with E-state index in [9.17, 15) is 4.79 Å². The standard InChI is InChI=1S/C23H20ClN3O4/c1-29-19-6-8-20(9-7-19)30-15-21-10-11-22(31-21)23(28)26-18-12-25-27(14-18)13-16-2-4-17(24)5-3-16/h2-12,14H,13,15H2,1H3,(H,26,28). The highest BCUT2D eigenvalue weighted by molar-refractivity contribution is 6.30. The molecule has 0 spiro atoms. The van der Waals surface area contributed by atoms with Crippen LogP contribution in [0.3, 0.4) is 0 Å². The molecule has 0 radical (unpaired) electrons. The minimum Gasteiger partial charge on any atom is -0.497 e. The van der Waals surface area contributed by atoms with Gasteiger partial charge in [-0.1, -0.05) is 23.7 Å². The van der Waals surface area contributed by atoms with Gasteiger partial charge in [0, 0.05) is 11.2 Å². The maximum Gasteiger partial charge on any atom is 0.291 e. The molecule has 0 saturated heterocycles. The number of aromatic nitrogens is 2. The van der Waals surface area contributed by atoms with Crippen molar-refractivity contribution in [2.24, 2.45) is 0 Å². The first-order valence-corrected chi connectivity index (χ1v) is 9.90. The summed E-state index contributed by atoms with van der Waals surface area (Å²) in [7, 11) is 1.61. The van der Waals surface area contributed by atoms with E-state index in [0.29, 0.717) is 28.8 Å². The Hall–Kier alpha value is -3.71. The van der Waals surface area contributed by atoms with Gasteiger partial charge in [0.25, 0.3) is 5.91 Å². The largest absolute Gasteiger partial charge is 0.497 e. The van der Waals surface area contributed by atoms with Gasteiger partial charge < -0.3 is 19.2 Å². The number of anilines is 1. The van der Waals surface area contributed by atoms with E-state index in [1.165, 1.54) is 0 Å². The SMILES string of the molecule is COc1ccc(OCc2ccc(C(=O)Nc3cnn(Cc4ccc(Cl)cc4)c3)o2)cc1. The van der Waals surface area contributed by atoms with Crippen molar-refractivity contribution in [1.29, 1.82) is 0 Å². The Kier molecular flexibility index (Phi) is 6.24. The zero-order valence-electron chi connectivity index (χ0n) is 16.7. The van der Waals surface area contributed by atoms with Gasteiger partial charge in [-0.2, -0.15) is 5.10 Å². The number of hydrogen-bond donors (Lipinski definition) is 1. The molecule has 0 unspecified atom stereocenters. The predicted molar refractivity (Wildman–Crippen MR) is 117 cm³/mol. The minimum atomic E-state index is -0.359. The molecule has 0 aliphatic carbocycles. The van der Waals surface area contributed by atoms with Crippen LogP contribution in [-0.2, 0) is 13.2 Å². The van der Waals surface area contributed by atoms with Gasteiger partial charge in [0.1, 0.15) is 23.9 Å². The van der Waals surface area contributed by atoms with Crippen molar-refractivity contribution in [3.8, 4) is 11.5 Å². The van der Waals surface area contributed by atoms with Gasteiger partial charge in [-0.3, -0.25) is 9.48 Å². The van der Waals surface area contributed by atoms with E-state index in [1.807, 2.05) is 36.4 Å². The number of nitrogens with one attached hydrogen (secondary N) is 1. The lowest BCUT2D eigenvalue weighted by Gasteiger charge is -2.05. The van der Waals surface area contributed by atoms with Crippen molar-refractivity contribution in [2.45, 2.75) is 13.2 Å². The summed E-state index contributed by atoms with van der Waals surface area (Å²) in [4.78, 5) is 12.5.